The lowest BCUT2D eigenvalue weighted by molar-refractivity contribution is 0.0955. The van der Waals surface area contributed by atoms with Crippen LogP contribution in [0.5, 0.6) is 11.5 Å². The van der Waals surface area contributed by atoms with Crippen molar-refractivity contribution in [3.63, 3.8) is 0 Å². The minimum absolute atomic E-state index is 0.323. The van der Waals surface area contributed by atoms with Crippen molar-refractivity contribution < 1.29 is 31.8 Å². The number of hydrazone groups is 2. The van der Waals surface area contributed by atoms with Gasteiger partial charge in [0.2, 0.25) is 0 Å². The van der Waals surface area contributed by atoms with Crippen LogP contribution in [-0.2, 0) is 10.4 Å². The Morgan fingerprint density at radius 1 is 0.698 bits per heavy atom. The van der Waals surface area contributed by atoms with E-state index < -0.39 is 10.4 Å². The number of benzene rings is 5. The van der Waals surface area contributed by atoms with Crippen LogP contribution in [0.3, 0.4) is 0 Å². The van der Waals surface area contributed by atoms with Crippen molar-refractivity contribution in [1.82, 2.24) is 5.43 Å². The Morgan fingerprint density at radius 2 is 1.16 bits per heavy atom. The molecule has 0 aliphatic carbocycles. The largest absolute Gasteiger partial charge is 0.496 e. The van der Waals surface area contributed by atoms with Gasteiger partial charge in [0.25, 0.3) is 5.91 Å². The first kappa shape index (κ1) is 30.7. The highest BCUT2D eigenvalue weighted by Crippen LogP contribution is 2.27. The van der Waals surface area contributed by atoms with Crippen molar-refractivity contribution in [2.75, 3.05) is 19.6 Å². The van der Waals surface area contributed by atoms with Gasteiger partial charge in [-0.05, 0) is 57.9 Å². The van der Waals surface area contributed by atoms with Crippen LogP contribution in [0.25, 0.3) is 21.5 Å². The van der Waals surface area contributed by atoms with E-state index in [2.05, 4.69) is 21.1 Å². The summed E-state index contributed by atoms with van der Waals surface area (Å²) in [7, 11) is -1.42. The third-order valence-corrected chi connectivity index (χ3v) is 6.20. The van der Waals surface area contributed by atoms with Gasteiger partial charge in [0.1, 0.15) is 11.5 Å². The summed E-state index contributed by atoms with van der Waals surface area (Å²) >= 11 is 0. The van der Waals surface area contributed by atoms with Crippen LogP contribution in [0.1, 0.15) is 21.5 Å². The molecular weight excluding hydrogens is 572 g/mol. The molecule has 0 heterocycles. The van der Waals surface area contributed by atoms with E-state index in [1.54, 1.807) is 50.9 Å². The van der Waals surface area contributed by atoms with Crippen molar-refractivity contribution >= 4 is 56.0 Å². The van der Waals surface area contributed by atoms with Gasteiger partial charge in [-0.2, -0.15) is 18.6 Å². The Labute approximate surface area is 248 Å². The summed E-state index contributed by atoms with van der Waals surface area (Å²) in [6.45, 7) is 0. The Hall–Kier alpha value is -5.30. The third kappa shape index (κ3) is 8.36. The highest BCUT2D eigenvalue weighted by atomic mass is 32.3. The second-order valence-corrected chi connectivity index (χ2v) is 9.80. The molecule has 5 aromatic rings. The standard InChI is InChI=1S/C31H26N4O3.H2O4S/c1-37-29-17-13-21-7-3-5-9-25(21)27(29)19-32-34-24-15-11-23(12-16-24)31(36)35-33-20-28-26-10-6-4-8-22(26)14-18-30(28)38-2;1-5(2,3)4/h3-20,34H,1-2H3,(H,35,36);(H2,1,2,3,4)/b32-19+,33-20+;. The minimum atomic E-state index is -4.67. The van der Waals surface area contributed by atoms with Gasteiger partial charge in [0.15, 0.2) is 0 Å². The van der Waals surface area contributed by atoms with Crippen LogP contribution in [-0.4, -0.2) is 50.1 Å². The second-order valence-electron chi connectivity index (χ2n) is 8.90. The van der Waals surface area contributed by atoms with E-state index in [9.17, 15) is 4.79 Å². The summed E-state index contributed by atoms with van der Waals surface area (Å²) in [6, 6.07) is 30.8. The summed E-state index contributed by atoms with van der Waals surface area (Å²) in [5.41, 5.74) is 8.48. The van der Waals surface area contributed by atoms with Crippen molar-refractivity contribution in [1.29, 1.82) is 0 Å². The molecule has 220 valence electrons. The van der Waals surface area contributed by atoms with Gasteiger partial charge in [-0.25, -0.2) is 5.43 Å². The zero-order valence-electron chi connectivity index (χ0n) is 23.1. The van der Waals surface area contributed by atoms with E-state index in [1.165, 1.54) is 0 Å². The summed E-state index contributed by atoms with van der Waals surface area (Å²) in [4.78, 5) is 12.6. The van der Waals surface area contributed by atoms with Crippen LogP contribution >= 0.6 is 0 Å². The maximum Gasteiger partial charge on any atom is 0.394 e. The molecule has 5 rings (SSSR count). The number of nitrogens with zero attached hydrogens (tertiary/aromatic N) is 2. The first-order valence-corrected chi connectivity index (χ1v) is 14.1. The molecule has 0 aliphatic heterocycles. The van der Waals surface area contributed by atoms with Gasteiger partial charge in [-0.3, -0.25) is 19.3 Å². The number of hydrogen-bond donors (Lipinski definition) is 4. The molecule has 0 aromatic heterocycles. The molecule has 0 aliphatic rings. The number of rotatable bonds is 8. The topological polar surface area (TPSA) is 159 Å². The molecule has 1 amide bonds. The molecule has 43 heavy (non-hydrogen) atoms. The lowest BCUT2D eigenvalue weighted by Gasteiger charge is -2.09. The van der Waals surface area contributed by atoms with E-state index in [1.807, 2.05) is 72.8 Å². The van der Waals surface area contributed by atoms with E-state index in [0.29, 0.717) is 11.3 Å². The number of amides is 1. The molecule has 0 spiro atoms. The molecule has 0 bridgehead atoms. The maximum atomic E-state index is 12.6. The van der Waals surface area contributed by atoms with Crippen LogP contribution in [0, 0.1) is 0 Å². The van der Waals surface area contributed by atoms with Crippen LogP contribution in [0.2, 0.25) is 0 Å². The van der Waals surface area contributed by atoms with Gasteiger partial charge < -0.3 is 9.47 Å². The minimum Gasteiger partial charge on any atom is -0.496 e. The van der Waals surface area contributed by atoms with Crippen molar-refractivity contribution in [2.24, 2.45) is 10.2 Å². The molecule has 0 saturated carbocycles. The molecule has 0 fully saturated rings. The molecule has 11 nitrogen and oxygen atoms in total. The Balaban J connectivity index is 0.000000782. The number of carbonyl (C=O) groups excluding carboxylic acids is 1. The fourth-order valence-corrected chi connectivity index (χ4v) is 4.26. The fourth-order valence-electron chi connectivity index (χ4n) is 4.26. The van der Waals surface area contributed by atoms with Crippen LogP contribution < -0.4 is 20.3 Å². The Kier molecular flexibility index (Phi) is 10.0. The smallest absolute Gasteiger partial charge is 0.394 e. The molecule has 0 saturated heterocycles. The Bertz CT molecular complexity index is 1900. The average Bonchev–Trinajstić information content (AvgIpc) is 3.00. The molecular formula is C31H28N4O7S. The molecule has 0 atom stereocenters. The number of fused-ring (bicyclic) bond motifs is 2. The fraction of sp³-hybridized carbons (Fsp3) is 0.0645. The van der Waals surface area contributed by atoms with Crippen molar-refractivity contribution in [3.05, 3.63) is 114 Å². The lowest BCUT2D eigenvalue weighted by atomic mass is 10.0. The summed E-state index contributed by atoms with van der Waals surface area (Å²) < 4.78 is 42.6. The second kappa shape index (κ2) is 14.0. The van der Waals surface area contributed by atoms with E-state index in [4.69, 9.17) is 27.0 Å². The van der Waals surface area contributed by atoms with Gasteiger partial charge in [0, 0.05) is 16.7 Å². The number of methoxy groups -OCH3 is 2. The number of hydrogen-bond acceptors (Lipinski definition) is 8. The van der Waals surface area contributed by atoms with Crippen LogP contribution in [0.4, 0.5) is 5.69 Å². The number of carbonyl (C=O) groups is 1. The molecule has 0 radical (unpaired) electrons. The predicted molar refractivity (Wildman–Crippen MR) is 168 cm³/mol. The van der Waals surface area contributed by atoms with Crippen molar-refractivity contribution in [2.45, 2.75) is 0 Å². The number of ether oxygens (including phenoxy) is 2. The normalized spacial score (nSPS) is 11.3. The highest BCUT2D eigenvalue weighted by Gasteiger charge is 2.08. The quantitative estimate of drug-likeness (QED) is 0.102. The van der Waals surface area contributed by atoms with Gasteiger partial charge in [0.05, 0.1) is 32.3 Å². The predicted octanol–water partition coefficient (Wildman–Crippen LogP) is 5.57. The Morgan fingerprint density at radius 3 is 1.65 bits per heavy atom. The highest BCUT2D eigenvalue weighted by molar-refractivity contribution is 7.79. The van der Waals surface area contributed by atoms with Crippen molar-refractivity contribution in [3.8, 4) is 11.5 Å². The third-order valence-electron chi connectivity index (χ3n) is 6.20. The van der Waals surface area contributed by atoms with E-state index >= 15 is 0 Å². The SMILES string of the molecule is COc1ccc2ccccc2c1/C=N/NC(=O)c1ccc(N/N=C/c2c(OC)ccc3ccccc23)cc1.O=S(=O)(O)O. The number of anilines is 1. The molecule has 5 aromatic carbocycles. The zero-order chi connectivity index (χ0) is 30.8. The monoisotopic (exact) mass is 600 g/mol. The van der Waals surface area contributed by atoms with Gasteiger partial charge >= 0.3 is 10.4 Å². The lowest BCUT2D eigenvalue weighted by Crippen LogP contribution is -2.17. The first-order valence-electron chi connectivity index (χ1n) is 12.7. The summed E-state index contributed by atoms with van der Waals surface area (Å²) in [6.07, 6.45) is 3.34. The zero-order valence-corrected chi connectivity index (χ0v) is 23.9. The maximum absolute atomic E-state index is 12.6. The van der Waals surface area contributed by atoms with E-state index in [-0.39, 0.29) is 5.91 Å². The summed E-state index contributed by atoms with van der Waals surface area (Å²) in [5.74, 6) is 1.10. The molecule has 4 N–H and O–H groups in total. The van der Waals surface area contributed by atoms with Crippen LogP contribution in [0.15, 0.2) is 107 Å². The molecule has 0 unspecified atom stereocenters. The van der Waals surface area contributed by atoms with E-state index in [0.717, 1.165) is 44.1 Å². The van der Waals surface area contributed by atoms with Gasteiger partial charge in [-0.15, -0.1) is 0 Å². The van der Waals surface area contributed by atoms with Gasteiger partial charge in [-0.1, -0.05) is 60.7 Å². The number of nitrogens with one attached hydrogen (secondary N) is 2. The summed E-state index contributed by atoms with van der Waals surface area (Å²) in [5, 5.41) is 12.7. The molecule has 12 heteroatoms. The first-order chi connectivity index (χ1) is 20.7. The average molecular weight is 601 g/mol.